The number of carbonyl (C=O) groups is 1. The van der Waals surface area contributed by atoms with Crippen LogP contribution in [0.1, 0.15) is 22.4 Å². The zero-order chi connectivity index (χ0) is 15.5. The minimum Gasteiger partial charge on any atom is -0.398 e. The van der Waals surface area contributed by atoms with E-state index < -0.39 is 0 Å². The van der Waals surface area contributed by atoms with Gasteiger partial charge < -0.3 is 10.5 Å². The SMILES string of the molecule is Cc1cc(Cc2ccc(CC=O)c(N)c2)c2ccccc2n1. The minimum absolute atomic E-state index is 0.364. The van der Waals surface area contributed by atoms with Gasteiger partial charge in [-0.15, -0.1) is 0 Å². The summed E-state index contributed by atoms with van der Waals surface area (Å²) in [6.45, 7) is 2.01. The third kappa shape index (κ3) is 2.84. The minimum atomic E-state index is 0.364. The van der Waals surface area contributed by atoms with Crippen molar-refractivity contribution in [1.29, 1.82) is 0 Å². The normalized spacial score (nSPS) is 10.8. The van der Waals surface area contributed by atoms with E-state index in [0.29, 0.717) is 12.1 Å². The van der Waals surface area contributed by atoms with Gasteiger partial charge in [0.2, 0.25) is 0 Å². The Kier molecular flexibility index (Phi) is 3.88. The van der Waals surface area contributed by atoms with Crippen LogP contribution in [0.5, 0.6) is 0 Å². The molecule has 0 amide bonds. The van der Waals surface area contributed by atoms with Gasteiger partial charge in [0, 0.05) is 23.2 Å². The molecule has 22 heavy (non-hydrogen) atoms. The Morgan fingerprint density at radius 3 is 2.68 bits per heavy atom. The summed E-state index contributed by atoms with van der Waals surface area (Å²) in [5.41, 5.74) is 12.0. The second-order valence-corrected chi connectivity index (χ2v) is 5.52. The van der Waals surface area contributed by atoms with Crippen molar-refractivity contribution in [3.05, 3.63) is 70.9 Å². The Morgan fingerprint density at radius 1 is 1.09 bits per heavy atom. The molecule has 1 heterocycles. The quantitative estimate of drug-likeness (QED) is 0.591. The standard InChI is InChI=1S/C19H18N2O/c1-13-10-16(17-4-2-3-5-19(17)21-13)11-14-6-7-15(8-9-22)18(20)12-14/h2-7,9-10,12H,8,11,20H2,1H3. The zero-order valence-corrected chi connectivity index (χ0v) is 12.5. The lowest BCUT2D eigenvalue weighted by Gasteiger charge is -2.10. The average Bonchev–Trinajstić information content (AvgIpc) is 2.50. The summed E-state index contributed by atoms with van der Waals surface area (Å²) in [5.74, 6) is 0. The van der Waals surface area contributed by atoms with Gasteiger partial charge in [0.05, 0.1) is 5.52 Å². The molecule has 110 valence electrons. The highest BCUT2D eigenvalue weighted by Crippen LogP contribution is 2.23. The molecular formula is C19H18N2O. The Bertz CT molecular complexity index is 840. The highest BCUT2D eigenvalue weighted by Gasteiger charge is 2.06. The first-order valence-electron chi connectivity index (χ1n) is 7.33. The van der Waals surface area contributed by atoms with E-state index in [0.717, 1.165) is 35.0 Å². The predicted molar refractivity (Wildman–Crippen MR) is 89.9 cm³/mol. The van der Waals surface area contributed by atoms with Crippen molar-refractivity contribution in [2.75, 3.05) is 5.73 Å². The number of rotatable bonds is 4. The van der Waals surface area contributed by atoms with Crippen molar-refractivity contribution in [2.24, 2.45) is 0 Å². The number of pyridine rings is 1. The van der Waals surface area contributed by atoms with Crippen LogP contribution in [0.15, 0.2) is 48.5 Å². The topological polar surface area (TPSA) is 56.0 Å². The average molecular weight is 290 g/mol. The van der Waals surface area contributed by atoms with E-state index in [2.05, 4.69) is 17.1 Å². The van der Waals surface area contributed by atoms with Gasteiger partial charge in [-0.25, -0.2) is 0 Å². The molecule has 0 spiro atoms. The molecule has 0 saturated carbocycles. The van der Waals surface area contributed by atoms with E-state index in [1.807, 2.05) is 43.3 Å². The number of hydrogen-bond acceptors (Lipinski definition) is 3. The summed E-state index contributed by atoms with van der Waals surface area (Å²) < 4.78 is 0. The predicted octanol–water partition coefficient (Wildman–Crippen LogP) is 3.46. The van der Waals surface area contributed by atoms with Crippen LogP contribution >= 0.6 is 0 Å². The first-order chi connectivity index (χ1) is 10.7. The van der Waals surface area contributed by atoms with Crippen molar-refractivity contribution in [1.82, 2.24) is 4.98 Å². The Balaban J connectivity index is 1.99. The van der Waals surface area contributed by atoms with Crippen LogP contribution in [0.25, 0.3) is 10.9 Å². The van der Waals surface area contributed by atoms with Crippen molar-refractivity contribution in [3.63, 3.8) is 0 Å². The molecule has 2 aromatic carbocycles. The molecule has 3 nitrogen and oxygen atoms in total. The molecule has 0 aliphatic rings. The Labute approximate surface area is 129 Å². The maximum atomic E-state index is 10.6. The van der Waals surface area contributed by atoms with E-state index in [1.54, 1.807) is 0 Å². The highest BCUT2D eigenvalue weighted by atomic mass is 16.1. The number of nitrogen functional groups attached to an aromatic ring is 1. The third-order valence-electron chi connectivity index (χ3n) is 3.84. The number of hydrogen-bond donors (Lipinski definition) is 1. The van der Waals surface area contributed by atoms with E-state index in [9.17, 15) is 4.79 Å². The molecule has 2 N–H and O–H groups in total. The summed E-state index contributed by atoms with van der Waals surface area (Å²) in [6.07, 6.45) is 2.05. The molecule has 0 aliphatic carbocycles. The van der Waals surface area contributed by atoms with E-state index >= 15 is 0 Å². The highest BCUT2D eigenvalue weighted by molar-refractivity contribution is 5.82. The molecule has 0 fully saturated rings. The first-order valence-corrected chi connectivity index (χ1v) is 7.33. The fourth-order valence-corrected chi connectivity index (χ4v) is 2.79. The number of nitrogens with two attached hydrogens (primary N) is 1. The third-order valence-corrected chi connectivity index (χ3v) is 3.84. The van der Waals surface area contributed by atoms with Gasteiger partial charge >= 0.3 is 0 Å². The summed E-state index contributed by atoms with van der Waals surface area (Å²) >= 11 is 0. The molecule has 0 atom stereocenters. The molecule has 1 aromatic heterocycles. The van der Waals surface area contributed by atoms with E-state index in [-0.39, 0.29) is 0 Å². The van der Waals surface area contributed by atoms with E-state index in [1.165, 1.54) is 10.9 Å². The molecule has 3 rings (SSSR count). The number of para-hydroxylation sites is 1. The monoisotopic (exact) mass is 290 g/mol. The summed E-state index contributed by atoms with van der Waals surface area (Å²) in [7, 11) is 0. The first kappa shape index (κ1) is 14.3. The molecule has 0 radical (unpaired) electrons. The van der Waals surface area contributed by atoms with Crippen LogP contribution in [0.4, 0.5) is 5.69 Å². The molecule has 0 saturated heterocycles. The van der Waals surface area contributed by atoms with E-state index in [4.69, 9.17) is 5.73 Å². The molecule has 0 aliphatic heterocycles. The lowest BCUT2D eigenvalue weighted by Crippen LogP contribution is -1.99. The molecular weight excluding hydrogens is 272 g/mol. The number of benzene rings is 2. The summed E-state index contributed by atoms with van der Waals surface area (Å²) in [4.78, 5) is 15.2. The Morgan fingerprint density at radius 2 is 1.91 bits per heavy atom. The largest absolute Gasteiger partial charge is 0.398 e. The smallest absolute Gasteiger partial charge is 0.124 e. The number of anilines is 1. The van der Waals surface area contributed by atoms with Crippen molar-refractivity contribution >= 4 is 22.9 Å². The van der Waals surface area contributed by atoms with Crippen molar-refractivity contribution in [2.45, 2.75) is 19.8 Å². The van der Waals surface area contributed by atoms with Crippen LogP contribution in [-0.4, -0.2) is 11.3 Å². The molecule has 0 unspecified atom stereocenters. The van der Waals surface area contributed by atoms with Gasteiger partial charge in [-0.1, -0.05) is 30.3 Å². The second kappa shape index (κ2) is 5.98. The molecule has 3 aromatic rings. The number of aryl methyl sites for hydroxylation is 1. The molecule has 3 heteroatoms. The maximum absolute atomic E-state index is 10.6. The lowest BCUT2D eigenvalue weighted by molar-refractivity contribution is -0.107. The van der Waals surface area contributed by atoms with Crippen LogP contribution in [-0.2, 0) is 17.6 Å². The fourth-order valence-electron chi connectivity index (χ4n) is 2.79. The van der Waals surface area contributed by atoms with Crippen LogP contribution in [0.2, 0.25) is 0 Å². The number of carbonyl (C=O) groups excluding carboxylic acids is 1. The van der Waals surface area contributed by atoms with Gasteiger partial charge in [0.15, 0.2) is 0 Å². The van der Waals surface area contributed by atoms with Gasteiger partial charge in [-0.3, -0.25) is 4.98 Å². The van der Waals surface area contributed by atoms with Crippen LogP contribution in [0.3, 0.4) is 0 Å². The Hall–Kier alpha value is -2.68. The molecule has 0 bridgehead atoms. The second-order valence-electron chi connectivity index (χ2n) is 5.52. The number of aromatic nitrogens is 1. The summed E-state index contributed by atoms with van der Waals surface area (Å²) in [6, 6.07) is 16.2. The van der Waals surface area contributed by atoms with Gasteiger partial charge in [0.25, 0.3) is 0 Å². The lowest BCUT2D eigenvalue weighted by atomic mass is 9.98. The van der Waals surface area contributed by atoms with Crippen molar-refractivity contribution in [3.8, 4) is 0 Å². The summed E-state index contributed by atoms with van der Waals surface area (Å²) in [5, 5.41) is 1.17. The van der Waals surface area contributed by atoms with Crippen LogP contribution < -0.4 is 5.73 Å². The fraction of sp³-hybridized carbons (Fsp3) is 0.158. The number of aldehydes is 1. The van der Waals surface area contributed by atoms with Gasteiger partial charge in [-0.05, 0) is 48.2 Å². The van der Waals surface area contributed by atoms with Crippen molar-refractivity contribution < 1.29 is 4.79 Å². The van der Waals surface area contributed by atoms with Crippen LogP contribution in [0, 0.1) is 6.92 Å². The van der Waals surface area contributed by atoms with Gasteiger partial charge in [0.1, 0.15) is 6.29 Å². The maximum Gasteiger partial charge on any atom is 0.124 e. The number of fused-ring (bicyclic) bond motifs is 1. The zero-order valence-electron chi connectivity index (χ0n) is 12.5. The number of nitrogens with zero attached hydrogens (tertiary/aromatic N) is 1. The van der Waals surface area contributed by atoms with Gasteiger partial charge in [-0.2, -0.15) is 0 Å².